The van der Waals surface area contributed by atoms with Crippen molar-refractivity contribution in [3.05, 3.63) is 130 Å². The zero-order valence-corrected chi connectivity index (χ0v) is 28.5. The molecule has 0 N–H and O–H groups in total. The highest BCUT2D eigenvalue weighted by molar-refractivity contribution is 6.30. The van der Waals surface area contributed by atoms with Crippen molar-refractivity contribution in [1.29, 1.82) is 0 Å². The average molecular weight is 692 g/mol. The Labute approximate surface area is 299 Å². The van der Waals surface area contributed by atoms with Gasteiger partial charge in [0.2, 0.25) is 0 Å². The van der Waals surface area contributed by atoms with Crippen LogP contribution in [0, 0.1) is 0 Å². The Morgan fingerprint density at radius 2 is 0.894 bits per heavy atom. The van der Waals surface area contributed by atoms with Crippen molar-refractivity contribution >= 4 is 57.7 Å². The van der Waals surface area contributed by atoms with Crippen LogP contribution in [0.2, 0.25) is 10.0 Å². The fourth-order valence-electron chi connectivity index (χ4n) is 6.20. The SMILES string of the molecule is Cl.[2H]C([2H])(c1ccc(Cl)cc1)n1c(CN2CCCC2)nc2ccccc21.[2H]C([2H])(c1ccc(Cl)cc1)n1c(CN2CCCC2)nc2ccccc21. The Kier molecular flexibility index (Phi) is 9.54. The van der Waals surface area contributed by atoms with Gasteiger partial charge in [0.1, 0.15) is 11.6 Å². The Balaban J connectivity index is 0.000000172. The topological polar surface area (TPSA) is 42.1 Å². The van der Waals surface area contributed by atoms with Crippen molar-refractivity contribution < 1.29 is 5.48 Å². The van der Waals surface area contributed by atoms with Crippen LogP contribution in [0.15, 0.2) is 97.1 Å². The number of nitrogens with zero attached hydrogens (tertiary/aromatic N) is 6. The Morgan fingerprint density at radius 3 is 1.28 bits per heavy atom. The standard InChI is InChI=1S/2C19H20ClN3.ClH/c2*20-16-9-7-15(8-10-16)13-23-18-6-2-1-5-17(18)21-19(23)14-22-11-3-4-12-22;/h2*1-2,5-10H,3-4,11-14H2;1H/i2*13D2;. The highest BCUT2D eigenvalue weighted by Gasteiger charge is 2.19. The lowest BCUT2D eigenvalue weighted by Gasteiger charge is -2.16. The third-order valence-corrected chi connectivity index (χ3v) is 9.06. The van der Waals surface area contributed by atoms with Gasteiger partial charge in [0.25, 0.3) is 0 Å². The molecule has 0 unspecified atom stereocenters. The number of halogens is 3. The van der Waals surface area contributed by atoms with Gasteiger partial charge in [-0.1, -0.05) is 71.7 Å². The lowest BCUT2D eigenvalue weighted by atomic mass is 10.2. The molecule has 9 heteroatoms. The van der Waals surface area contributed by atoms with E-state index < -0.39 is 13.0 Å². The molecule has 4 aromatic carbocycles. The van der Waals surface area contributed by atoms with Crippen LogP contribution >= 0.6 is 35.6 Å². The van der Waals surface area contributed by atoms with E-state index in [1.54, 1.807) is 57.7 Å². The molecule has 2 fully saturated rings. The van der Waals surface area contributed by atoms with Crippen molar-refractivity contribution in [3.8, 4) is 0 Å². The van der Waals surface area contributed by atoms with Gasteiger partial charge < -0.3 is 9.13 Å². The molecular formula is C38H41Cl3N6. The van der Waals surface area contributed by atoms with E-state index in [0.29, 0.717) is 34.3 Å². The van der Waals surface area contributed by atoms with E-state index in [9.17, 15) is 0 Å². The predicted molar refractivity (Wildman–Crippen MR) is 197 cm³/mol. The second-order valence-electron chi connectivity index (χ2n) is 11.9. The molecule has 6 aromatic rings. The van der Waals surface area contributed by atoms with Crippen LogP contribution in [0.4, 0.5) is 0 Å². The maximum atomic E-state index is 8.82. The number of hydrogen-bond donors (Lipinski definition) is 0. The smallest absolute Gasteiger partial charge is 0.124 e. The molecule has 0 radical (unpaired) electrons. The summed E-state index contributed by atoms with van der Waals surface area (Å²) < 4.78 is 38.8. The highest BCUT2D eigenvalue weighted by atomic mass is 35.5. The van der Waals surface area contributed by atoms with E-state index in [1.165, 1.54) is 25.7 Å². The van der Waals surface area contributed by atoms with E-state index in [-0.39, 0.29) is 12.4 Å². The van der Waals surface area contributed by atoms with Gasteiger partial charge in [-0.3, -0.25) is 9.80 Å². The minimum Gasteiger partial charge on any atom is -0.322 e. The average Bonchev–Trinajstić information content (AvgIpc) is 3.92. The fraction of sp³-hybridized carbons (Fsp3) is 0.316. The second-order valence-corrected chi connectivity index (χ2v) is 12.8. The van der Waals surface area contributed by atoms with Crippen molar-refractivity contribution in [3.63, 3.8) is 0 Å². The quantitative estimate of drug-likeness (QED) is 0.160. The Hall–Kier alpha value is -3.39. The summed E-state index contributed by atoms with van der Waals surface area (Å²) in [6.07, 6.45) is 4.79. The lowest BCUT2D eigenvalue weighted by Crippen LogP contribution is -2.21. The minimum atomic E-state index is -1.70. The molecule has 2 aliphatic rings. The van der Waals surface area contributed by atoms with Gasteiger partial charge >= 0.3 is 0 Å². The first kappa shape index (κ1) is 28.6. The third-order valence-electron chi connectivity index (χ3n) is 8.56. The molecule has 47 heavy (non-hydrogen) atoms. The van der Waals surface area contributed by atoms with Crippen LogP contribution in [-0.2, 0) is 26.1 Å². The monoisotopic (exact) mass is 690 g/mol. The Bertz CT molecular complexity index is 1920. The molecule has 0 amide bonds. The number of para-hydroxylation sites is 4. The minimum absolute atomic E-state index is 0. The van der Waals surface area contributed by atoms with Gasteiger partial charge in [-0.05, 0) is 112 Å². The molecule has 8 rings (SSSR count). The van der Waals surface area contributed by atoms with E-state index in [0.717, 1.165) is 59.9 Å². The summed E-state index contributed by atoms with van der Waals surface area (Å²) in [4.78, 5) is 14.2. The van der Waals surface area contributed by atoms with E-state index in [2.05, 4.69) is 9.80 Å². The molecule has 2 saturated heterocycles. The Morgan fingerprint density at radius 1 is 0.532 bits per heavy atom. The number of aromatic nitrogens is 4. The number of hydrogen-bond acceptors (Lipinski definition) is 4. The molecule has 0 bridgehead atoms. The van der Waals surface area contributed by atoms with Crippen LogP contribution < -0.4 is 0 Å². The van der Waals surface area contributed by atoms with E-state index in [4.69, 9.17) is 38.7 Å². The summed E-state index contributed by atoms with van der Waals surface area (Å²) in [7, 11) is 0. The number of rotatable bonds is 8. The summed E-state index contributed by atoms with van der Waals surface area (Å²) in [5.41, 5.74) is 4.43. The van der Waals surface area contributed by atoms with Crippen molar-refractivity contribution in [2.45, 2.75) is 51.8 Å². The molecule has 0 aliphatic carbocycles. The lowest BCUT2D eigenvalue weighted by molar-refractivity contribution is 0.318. The predicted octanol–water partition coefficient (Wildman–Crippen LogP) is 9.09. The molecule has 2 aliphatic heterocycles. The van der Waals surface area contributed by atoms with Crippen molar-refractivity contribution in [2.75, 3.05) is 26.2 Å². The molecule has 0 saturated carbocycles. The fourth-order valence-corrected chi connectivity index (χ4v) is 6.45. The third kappa shape index (κ3) is 8.19. The first-order valence-corrected chi connectivity index (χ1v) is 16.8. The first-order valence-electron chi connectivity index (χ1n) is 18.0. The molecular weight excluding hydrogens is 647 g/mol. The summed E-state index contributed by atoms with van der Waals surface area (Å²) in [6.45, 7) is 2.13. The van der Waals surface area contributed by atoms with Gasteiger partial charge in [0.05, 0.1) is 40.6 Å². The molecule has 4 heterocycles. The summed E-state index contributed by atoms with van der Waals surface area (Å²) >= 11 is 12.0. The van der Waals surface area contributed by atoms with Gasteiger partial charge in [-0.2, -0.15) is 0 Å². The highest BCUT2D eigenvalue weighted by Crippen LogP contribution is 2.23. The van der Waals surface area contributed by atoms with Crippen LogP contribution in [-0.4, -0.2) is 55.1 Å². The van der Waals surface area contributed by atoms with Gasteiger partial charge in [0.15, 0.2) is 0 Å². The summed E-state index contributed by atoms with van der Waals surface area (Å²) in [6, 6.07) is 29.4. The van der Waals surface area contributed by atoms with Crippen molar-refractivity contribution in [2.24, 2.45) is 0 Å². The number of imidazole rings is 2. The normalized spacial score (nSPS) is 17.1. The second kappa shape index (κ2) is 15.7. The van der Waals surface area contributed by atoms with Gasteiger partial charge in [-0.15, -0.1) is 12.4 Å². The van der Waals surface area contributed by atoms with E-state index >= 15 is 0 Å². The van der Waals surface area contributed by atoms with Crippen LogP contribution in [0.25, 0.3) is 22.1 Å². The summed E-state index contributed by atoms with van der Waals surface area (Å²) in [5, 5.41) is 1.21. The zero-order valence-electron chi connectivity index (χ0n) is 30.2. The van der Waals surface area contributed by atoms with Crippen LogP contribution in [0.1, 0.15) is 53.9 Å². The maximum Gasteiger partial charge on any atom is 0.124 e. The van der Waals surface area contributed by atoms with Gasteiger partial charge in [-0.25, -0.2) is 9.97 Å². The maximum absolute atomic E-state index is 8.82. The molecule has 244 valence electrons. The number of fused-ring (bicyclic) bond motifs is 2. The molecule has 2 aromatic heterocycles. The molecule has 0 spiro atoms. The van der Waals surface area contributed by atoms with E-state index in [1.807, 2.05) is 48.5 Å². The van der Waals surface area contributed by atoms with Crippen LogP contribution in [0.5, 0.6) is 0 Å². The number of benzene rings is 4. The van der Waals surface area contributed by atoms with Crippen molar-refractivity contribution in [1.82, 2.24) is 28.9 Å². The largest absolute Gasteiger partial charge is 0.322 e. The molecule has 6 nitrogen and oxygen atoms in total. The van der Waals surface area contributed by atoms with Crippen LogP contribution in [0.3, 0.4) is 0 Å². The van der Waals surface area contributed by atoms with Gasteiger partial charge in [0, 0.05) is 23.0 Å². The number of likely N-dealkylation sites (tertiary alicyclic amines) is 2. The molecule has 0 atom stereocenters. The zero-order chi connectivity index (χ0) is 34.9. The summed E-state index contributed by atoms with van der Waals surface area (Å²) in [5.74, 6) is 1.53. The first-order chi connectivity index (χ1) is 24.1.